The minimum atomic E-state index is 0.0428. The molecule has 1 fully saturated rings. The Balaban J connectivity index is 1.32. The quantitative estimate of drug-likeness (QED) is 0.781. The Bertz CT molecular complexity index is 745. The Morgan fingerprint density at radius 3 is 2.67 bits per heavy atom. The van der Waals surface area contributed by atoms with E-state index in [4.69, 9.17) is 4.52 Å². The molecule has 0 atom stereocenters. The van der Waals surface area contributed by atoms with Gasteiger partial charge in [0.05, 0.1) is 11.3 Å². The zero-order valence-corrected chi connectivity index (χ0v) is 16.7. The highest BCUT2D eigenvalue weighted by Gasteiger charge is 2.22. The second kappa shape index (κ2) is 9.14. The lowest BCUT2D eigenvalue weighted by Gasteiger charge is -2.34. The van der Waals surface area contributed by atoms with Crippen molar-refractivity contribution in [2.24, 2.45) is 0 Å². The normalized spacial score (nSPS) is 15.1. The van der Waals surface area contributed by atoms with Crippen LogP contribution in [0.25, 0.3) is 0 Å². The van der Waals surface area contributed by atoms with Gasteiger partial charge in [0.25, 0.3) is 5.91 Å². The monoisotopic (exact) mass is 390 g/mol. The molecule has 1 aliphatic heterocycles. The minimum Gasteiger partial charge on any atom is -0.361 e. The smallest absolute Gasteiger partial charge is 0.254 e. The van der Waals surface area contributed by atoms with Crippen LogP contribution in [-0.4, -0.2) is 66.0 Å². The van der Waals surface area contributed by atoms with Crippen LogP contribution in [-0.2, 0) is 11.2 Å². The van der Waals surface area contributed by atoms with Gasteiger partial charge in [-0.15, -0.1) is 0 Å². The average molecular weight is 391 g/mol. The second-order valence-corrected chi connectivity index (χ2v) is 7.58. The zero-order valence-electron chi connectivity index (χ0n) is 15.9. The third kappa shape index (κ3) is 5.17. The van der Waals surface area contributed by atoms with Crippen LogP contribution < -0.4 is 5.32 Å². The van der Waals surface area contributed by atoms with E-state index in [1.165, 1.54) is 0 Å². The molecule has 1 saturated heterocycles. The van der Waals surface area contributed by atoms with Crippen molar-refractivity contribution < 1.29 is 14.1 Å². The molecule has 2 aromatic rings. The fourth-order valence-corrected chi connectivity index (χ4v) is 3.91. The van der Waals surface area contributed by atoms with E-state index >= 15 is 0 Å². The Hall–Kier alpha value is -2.19. The predicted octanol–water partition coefficient (Wildman–Crippen LogP) is 1.86. The first-order valence-electron chi connectivity index (χ1n) is 9.27. The Morgan fingerprint density at radius 2 is 2.04 bits per heavy atom. The fourth-order valence-electron chi connectivity index (χ4n) is 3.28. The lowest BCUT2D eigenvalue weighted by atomic mass is 10.1. The van der Waals surface area contributed by atoms with Crippen molar-refractivity contribution in [1.82, 2.24) is 20.3 Å². The van der Waals surface area contributed by atoms with Crippen LogP contribution in [0.1, 0.15) is 33.8 Å². The van der Waals surface area contributed by atoms with Gasteiger partial charge >= 0.3 is 0 Å². The van der Waals surface area contributed by atoms with Crippen LogP contribution in [0.15, 0.2) is 21.3 Å². The molecule has 0 spiro atoms. The summed E-state index contributed by atoms with van der Waals surface area (Å²) in [5.41, 5.74) is 2.66. The largest absolute Gasteiger partial charge is 0.361 e. The van der Waals surface area contributed by atoms with Gasteiger partial charge in [-0.3, -0.25) is 14.5 Å². The second-order valence-electron chi connectivity index (χ2n) is 6.80. The molecule has 3 rings (SSSR count). The first-order valence-corrected chi connectivity index (χ1v) is 10.2. The lowest BCUT2D eigenvalue weighted by molar-refractivity contribution is -0.121. The van der Waals surface area contributed by atoms with E-state index in [0.717, 1.165) is 55.3 Å². The minimum absolute atomic E-state index is 0.0428. The molecule has 146 valence electrons. The van der Waals surface area contributed by atoms with Gasteiger partial charge in [-0.1, -0.05) is 5.16 Å². The summed E-state index contributed by atoms with van der Waals surface area (Å²) >= 11 is 1.54. The lowest BCUT2D eigenvalue weighted by Crippen LogP contribution is -2.50. The first kappa shape index (κ1) is 19.6. The molecule has 0 saturated carbocycles. The number of thiophene rings is 1. The van der Waals surface area contributed by atoms with Gasteiger partial charge in [0.1, 0.15) is 5.76 Å². The Kier molecular flexibility index (Phi) is 6.63. The Labute approximate surface area is 163 Å². The van der Waals surface area contributed by atoms with Gasteiger partial charge in [-0.25, -0.2) is 0 Å². The molecular weight excluding hydrogens is 364 g/mol. The average Bonchev–Trinajstić information content (AvgIpc) is 3.31. The summed E-state index contributed by atoms with van der Waals surface area (Å²) in [6.07, 6.45) is 1.09. The molecule has 7 nitrogen and oxygen atoms in total. The molecule has 0 bridgehead atoms. The summed E-state index contributed by atoms with van der Waals surface area (Å²) in [6.45, 7) is 8.33. The maximum Gasteiger partial charge on any atom is 0.254 e. The number of aryl methyl sites for hydroxylation is 2. The van der Waals surface area contributed by atoms with E-state index in [1.807, 2.05) is 35.6 Å². The highest BCUT2D eigenvalue weighted by molar-refractivity contribution is 7.08. The summed E-state index contributed by atoms with van der Waals surface area (Å²) in [7, 11) is 0. The number of rotatable bonds is 7. The number of amides is 2. The van der Waals surface area contributed by atoms with E-state index in [1.54, 1.807) is 11.3 Å². The van der Waals surface area contributed by atoms with Gasteiger partial charge in [-0.05, 0) is 31.7 Å². The maximum absolute atomic E-state index is 12.3. The summed E-state index contributed by atoms with van der Waals surface area (Å²) in [4.78, 5) is 28.6. The van der Waals surface area contributed by atoms with Crippen molar-refractivity contribution in [2.75, 3.05) is 39.3 Å². The van der Waals surface area contributed by atoms with Crippen molar-refractivity contribution in [2.45, 2.75) is 26.7 Å². The molecule has 8 heteroatoms. The summed E-state index contributed by atoms with van der Waals surface area (Å²) in [6, 6.07) is 1.87. The van der Waals surface area contributed by atoms with Crippen LogP contribution >= 0.6 is 11.3 Å². The van der Waals surface area contributed by atoms with Crippen LogP contribution in [0.4, 0.5) is 0 Å². The number of hydrogen-bond acceptors (Lipinski definition) is 6. The van der Waals surface area contributed by atoms with E-state index < -0.39 is 0 Å². The van der Waals surface area contributed by atoms with Crippen LogP contribution in [0.5, 0.6) is 0 Å². The number of nitrogens with zero attached hydrogens (tertiary/aromatic N) is 3. The van der Waals surface area contributed by atoms with E-state index in [-0.39, 0.29) is 11.8 Å². The SMILES string of the molecule is Cc1noc(C)c1CCC(=O)NCCN1CCN(C(=O)c2ccsc2)CC1. The van der Waals surface area contributed by atoms with Crippen molar-refractivity contribution >= 4 is 23.2 Å². The first-order chi connectivity index (χ1) is 13.0. The highest BCUT2D eigenvalue weighted by Crippen LogP contribution is 2.14. The molecule has 0 aromatic carbocycles. The van der Waals surface area contributed by atoms with Gasteiger partial charge in [0.2, 0.25) is 5.91 Å². The molecular formula is C19H26N4O3S. The molecule has 1 N–H and O–H groups in total. The van der Waals surface area contributed by atoms with Gasteiger partial charge < -0.3 is 14.7 Å². The highest BCUT2D eigenvalue weighted by atomic mass is 32.1. The van der Waals surface area contributed by atoms with Crippen LogP contribution in [0.2, 0.25) is 0 Å². The number of carbonyl (C=O) groups is 2. The molecule has 2 aromatic heterocycles. The summed E-state index contributed by atoms with van der Waals surface area (Å²) in [5.74, 6) is 0.944. The number of nitrogens with one attached hydrogen (secondary N) is 1. The van der Waals surface area contributed by atoms with E-state index in [9.17, 15) is 9.59 Å². The third-order valence-electron chi connectivity index (χ3n) is 4.96. The van der Waals surface area contributed by atoms with Crippen molar-refractivity contribution in [1.29, 1.82) is 0 Å². The van der Waals surface area contributed by atoms with Crippen molar-refractivity contribution in [3.05, 3.63) is 39.4 Å². The molecule has 1 aliphatic rings. The van der Waals surface area contributed by atoms with E-state index in [0.29, 0.717) is 19.4 Å². The molecule has 0 unspecified atom stereocenters. The predicted molar refractivity (Wildman–Crippen MR) is 104 cm³/mol. The fraction of sp³-hybridized carbons (Fsp3) is 0.526. The molecule has 0 radical (unpaired) electrons. The number of carbonyl (C=O) groups excluding carboxylic acids is 2. The Morgan fingerprint density at radius 1 is 1.26 bits per heavy atom. The molecule has 2 amide bonds. The summed E-state index contributed by atoms with van der Waals surface area (Å²) < 4.78 is 5.12. The number of piperazine rings is 1. The molecule has 3 heterocycles. The van der Waals surface area contributed by atoms with Gasteiger partial charge in [0.15, 0.2) is 0 Å². The molecule has 27 heavy (non-hydrogen) atoms. The van der Waals surface area contributed by atoms with Crippen molar-refractivity contribution in [3.8, 4) is 0 Å². The number of hydrogen-bond donors (Lipinski definition) is 1. The number of aromatic nitrogens is 1. The van der Waals surface area contributed by atoms with Gasteiger partial charge in [-0.2, -0.15) is 11.3 Å². The third-order valence-corrected chi connectivity index (χ3v) is 5.64. The van der Waals surface area contributed by atoms with Crippen molar-refractivity contribution in [3.63, 3.8) is 0 Å². The van der Waals surface area contributed by atoms with Gasteiger partial charge in [0, 0.05) is 56.6 Å². The topological polar surface area (TPSA) is 78.7 Å². The van der Waals surface area contributed by atoms with Crippen LogP contribution in [0.3, 0.4) is 0 Å². The maximum atomic E-state index is 12.3. The molecule has 0 aliphatic carbocycles. The standard InChI is InChI=1S/C19H26N4O3S/c1-14-17(15(2)26-21-14)3-4-18(24)20-6-7-22-8-10-23(11-9-22)19(25)16-5-12-27-13-16/h5,12-13H,3-4,6-11H2,1-2H3,(H,20,24). The zero-order chi connectivity index (χ0) is 19.2. The van der Waals surface area contributed by atoms with Crippen LogP contribution in [0, 0.1) is 13.8 Å². The van der Waals surface area contributed by atoms with E-state index in [2.05, 4.69) is 15.4 Å². The summed E-state index contributed by atoms with van der Waals surface area (Å²) in [5, 5.41) is 10.7.